The van der Waals surface area contributed by atoms with Crippen LogP contribution in [0.1, 0.15) is 15.9 Å². The predicted octanol–water partition coefficient (Wildman–Crippen LogP) is 4.25. The summed E-state index contributed by atoms with van der Waals surface area (Å²) in [6.07, 6.45) is 3.38. The molecule has 0 fully saturated rings. The number of pyridine rings is 1. The van der Waals surface area contributed by atoms with Crippen LogP contribution in [0.5, 0.6) is 0 Å². The molecule has 3 N–H and O–H groups in total. The van der Waals surface area contributed by atoms with E-state index in [0.717, 1.165) is 22.4 Å². The summed E-state index contributed by atoms with van der Waals surface area (Å²) in [5, 5.41) is 3.29. The number of amides is 1. The molecule has 1 aromatic heterocycles. The molecule has 0 saturated carbocycles. The van der Waals surface area contributed by atoms with Gasteiger partial charge in [-0.2, -0.15) is 0 Å². The zero-order valence-corrected chi connectivity index (χ0v) is 13.9. The monoisotopic (exact) mass is 355 g/mol. The number of primary amides is 1. The van der Waals surface area contributed by atoms with E-state index in [1.54, 1.807) is 36.7 Å². The van der Waals surface area contributed by atoms with Gasteiger partial charge in [-0.25, -0.2) is 4.39 Å². The molecule has 126 valence electrons. The van der Waals surface area contributed by atoms with Gasteiger partial charge in [0, 0.05) is 30.1 Å². The largest absolute Gasteiger partial charge is 0.380 e. The second kappa shape index (κ2) is 7.32. The van der Waals surface area contributed by atoms with Gasteiger partial charge in [0.05, 0.1) is 10.7 Å². The Morgan fingerprint density at radius 3 is 2.72 bits per heavy atom. The van der Waals surface area contributed by atoms with Crippen molar-refractivity contribution in [3.8, 4) is 11.1 Å². The first kappa shape index (κ1) is 16.9. The number of nitrogens with two attached hydrogens (primary N) is 1. The van der Waals surface area contributed by atoms with Crippen LogP contribution in [-0.4, -0.2) is 10.9 Å². The van der Waals surface area contributed by atoms with E-state index in [0.29, 0.717) is 12.1 Å². The van der Waals surface area contributed by atoms with Crippen molar-refractivity contribution in [3.05, 3.63) is 82.9 Å². The van der Waals surface area contributed by atoms with Crippen LogP contribution in [0.25, 0.3) is 11.1 Å². The average molecular weight is 356 g/mol. The normalized spacial score (nSPS) is 10.5. The molecule has 1 heterocycles. The topological polar surface area (TPSA) is 68.0 Å². The number of hydrogen-bond donors (Lipinski definition) is 2. The molecule has 0 spiro atoms. The molecule has 4 nitrogen and oxygen atoms in total. The molecular weight excluding hydrogens is 341 g/mol. The van der Waals surface area contributed by atoms with Gasteiger partial charge >= 0.3 is 0 Å². The van der Waals surface area contributed by atoms with E-state index in [4.69, 9.17) is 17.3 Å². The first-order valence-corrected chi connectivity index (χ1v) is 7.94. The number of anilines is 1. The first-order chi connectivity index (χ1) is 12.0. The van der Waals surface area contributed by atoms with Crippen LogP contribution in [0.3, 0.4) is 0 Å². The Morgan fingerprint density at radius 1 is 1.12 bits per heavy atom. The Kier molecular flexibility index (Phi) is 4.95. The summed E-state index contributed by atoms with van der Waals surface area (Å²) in [6, 6.07) is 13.6. The number of halogens is 2. The highest BCUT2D eigenvalue weighted by Gasteiger charge is 2.05. The Balaban J connectivity index is 1.78. The highest BCUT2D eigenvalue weighted by molar-refractivity contribution is 6.30. The molecule has 25 heavy (non-hydrogen) atoms. The summed E-state index contributed by atoms with van der Waals surface area (Å²) < 4.78 is 13.5. The molecule has 0 radical (unpaired) electrons. The Labute approximate surface area is 149 Å². The Bertz CT molecular complexity index is 930. The van der Waals surface area contributed by atoms with E-state index in [1.165, 1.54) is 12.1 Å². The minimum atomic E-state index is -0.478. The summed E-state index contributed by atoms with van der Waals surface area (Å²) in [4.78, 5) is 15.5. The van der Waals surface area contributed by atoms with Gasteiger partial charge in [0.2, 0.25) is 5.91 Å². The lowest BCUT2D eigenvalue weighted by Crippen LogP contribution is -2.10. The molecule has 1 amide bonds. The van der Waals surface area contributed by atoms with Gasteiger partial charge in [-0.05, 0) is 41.5 Å². The molecule has 3 rings (SSSR count). The quantitative estimate of drug-likeness (QED) is 0.718. The summed E-state index contributed by atoms with van der Waals surface area (Å²) in [7, 11) is 0. The van der Waals surface area contributed by atoms with E-state index >= 15 is 0 Å². The maximum Gasteiger partial charge on any atom is 0.248 e. The smallest absolute Gasteiger partial charge is 0.248 e. The van der Waals surface area contributed by atoms with Crippen molar-refractivity contribution in [2.75, 3.05) is 5.32 Å². The summed E-state index contributed by atoms with van der Waals surface area (Å²) in [6.45, 7) is 0.431. The second-order valence-corrected chi connectivity index (χ2v) is 5.92. The van der Waals surface area contributed by atoms with Crippen molar-refractivity contribution in [1.29, 1.82) is 0 Å². The summed E-state index contributed by atoms with van der Waals surface area (Å²) in [5.74, 6) is -0.926. The van der Waals surface area contributed by atoms with Crippen molar-refractivity contribution in [1.82, 2.24) is 4.98 Å². The number of aromatic nitrogens is 1. The highest BCUT2D eigenvalue weighted by Crippen LogP contribution is 2.23. The van der Waals surface area contributed by atoms with Gasteiger partial charge in [0.1, 0.15) is 5.82 Å². The number of nitrogens with one attached hydrogen (secondary N) is 1. The molecule has 6 heteroatoms. The van der Waals surface area contributed by atoms with Crippen molar-refractivity contribution in [3.63, 3.8) is 0 Å². The number of rotatable bonds is 5. The van der Waals surface area contributed by atoms with E-state index in [1.807, 2.05) is 12.1 Å². The van der Waals surface area contributed by atoms with E-state index in [-0.39, 0.29) is 5.02 Å². The van der Waals surface area contributed by atoms with Crippen molar-refractivity contribution < 1.29 is 9.18 Å². The highest BCUT2D eigenvalue weighted by atomic mass is 35.5. The lowest BCUT2D eigenvalue weighted by Gasteiger charge is -2.09. The number of carbonyl (C=O) groups is 1. The minimum absolute atomic E-state index is 0.0988. The molecule has 0 bridgehead atoms. The fraction of sp³-hybridized carbons (Fsp3) is 0.0526. The Morgan fingerprint density at radius 2 is 1.96 bits per heavy atom. The molecule has 0 aliphatic carbocycles. The minimum Gasteiger partial charge on any atom is -0.380 e. The zero-order valence-electron chi connectivity index (χ0n) is 13.2. The summed E-state index contributed by atoms with van der Waals surface area (Å²) >= 11 is 5.68. The van der Waals surface area contributed by atoms with Crippen LogP contribution in [0.2, 0.25) is 5.02 Å². The zero-order chi connectivity index (χ0) is 17.8. The SMILES string of the molecule is NC(=O)c1cccc(-c2cncc(NCc3ccc(Cl)c(F)c3)c2)c1. The van der Waals surface area contributed by atoms with E-state index < -0.39 is 11.7 Å². The van der Waals surface area contributed by atoms with Gasteiger partial charge in [0.15, 0.2) is 0 Å². The number of nitrogens with zero attached hydrogens (tertiary/aromatic N) is 1. The lowest BCUT2D eigenvalue weighted by molar-refractivity contribution is 0.100. The maximum absolute atomic E-state index is 13.5. The van der Waals surface area contributed by atoms with Gasteiger partial charge in [-0.1, -0.05) is 29.8 Å². The maximum atomic E-state index is 13.5. The molecule has 0 aliphatic heterocycles. The fourth-order valence-corrected chi connectivity index (χ4v) is 2.52. The fourth-order valence-electron chi connectivity index (χ4n) is 2.40. The predicted molar refractivity (Wildman–Crippen MR) is 96.9 cm³/mol. The Hall–Kier alpha value is -2.92. The van der Waals surface area contributed by atoms with Crippen LogP contribution in [0.4, 0.5) is 10.1 Å². The molecule has 0 atom stereocenters. The van der Waals surface area contributed by atoms with Crippen molar-refractivity contribution in [2.24, 2.45) is 5.73 Å². The third kappa shape index (κ3) is 4.14. The van der Waals surface area contributed by atoms with E-state index in [2.05, 4.69) is 10.3 Å². The van der Waals surface area contributed by atoms with Crippen molar-refractivity contribution >= 4 is 23.2 Å². The van der Waals surface area contributed by atoms with Gasteiger partial charge in [-0.3, -0.25) is 9.78 Å². The van der Waals surface area contributed by atoms with Gasteiger partial charge in [0.25, 0.3) is 0 Å². The second-order valence-electron chi connectivity index (χ2n) is 5.51. The number of benzene rings is 2. The van der Waals surface area contributed by atoms with Gasteiger partial charge in [-0.15, -0.1) is 0 Å². The standard InChI is InChI=1S/C19H15ClFN3O/c20-17-5-4-12(6-18(17)21)9-24-16-8-15(10-23-11-16)13-2-1-3-14(7-13)19(22)25/h1-8,10-11,24H,9H2,(H2,22,25). The van der Waals surface area contributed by atoms with Crippen LogP contribution in [0, 0.1) is 5.82 Å². The summed E-state index contributed by atoms with van der Waals surface area (Å²) in [5.41, 5.74) is 8.98. The molecule has 0 aliphatic rings. The molecule has 0 saturated heterocycles. The van der Waals surface area contributed by atoms with Crippen molar-refractivity contribution in [2.45, 2.75) is 6.54 Å². The number of carbonyl (C=O) groups excluding carboxylic acids is 1. The van der Waals surface area contributed by atoms with Crippen LogP contribution < -0.4 is 11.1 Å². The molecule has 2 aromatic carbocycles. The van der Waals surface area contributed by atoms with Gasteiger partial charge < -0.3 is 11.1 Å². The lowest BCUT2D eigenvalue weighted by atomic mass is 10.0. The molecule has 3 aromatic rings. The van der Waals surface area contributed by atoms with Crippen LogP contribution in [0.15, 0.2) is 60.9 Å². The average Bonchev–Trinajstić information content (AvgIpc) is 2.63. The van der Waals surface area contributed by atoms with Crippen LogP contribution in [-0.2, 0) is 6.54 Å². The third-order valence-electron chi connectivity index (χ3n) is 3.70. The third-order valence-corrected chi connectivity index (χ3v) is 4.01. The molecular formula is C19H15ClFN3O. The molecule has 0 unspecified atom stereocenters. The first-order valence-electron chi connectivity index (χ1n) is 7.56. The van der Waals surface area contributed by atoms with Crippen LogP contribution >= 0.6 is 11.6 Å². The van der Waals surface area contributed by atoms with E-state index in [9.17, 15) is 9.18 Å². The number of hydrogen-bond acceptors (Lipinski definition) is 3.